The highest BCUT2D eigenvalue weighted by molar-refractivity contribution is 5.17. The molecule has 0 amide bonds. The van der Waals surface area contributed by atoms with Gasteiger partial charge in [0.05, 0.1) is 12.1 Å². The van der Waals surface area contributed by atoms with Gasteiger partial charge in [-0.2, -0.15) is 10.1 Å². The average molecular weight is 197 g/mol. The molecule has 14 heavy (non-hydrogen) atoms. The summed E-state index contributed by atoms with van der Waals surface area (Å²) in [6, 6.07) is 0.170. The molecule has 78 valence electrons. The number of aryl methyl sites for hydroxylation is 1. The summed E-state index contributed by atoms with van der Waals surface area (Å²) in [5.41, 5.74) is 5.61. The van der Waals surface area contributed by atoms with E-state index in [9.17, 15) is 0 Å². The van der Waals surface area contributed by atoms with Crippen LogP contribution in [0, 0.1) is 0 Å². The number of hydrogen-bond donors (Lipinski definition) is 2. The van der Waals surface area contributed by atoms with E-state index in [1.807, 2.05) is 0 Å². The third kappa shape index (κ3) is 1.58. The highest BCUT2D eigenvalue weighted by Crippen LogP contribution is 2.22. The van der Waals surface area contributed by atoms with Crippen LogP contribution in [0.25, 0.3) is 0 Å². The Kier molecular flexibility index (Phi) is 2.39. The summed E-state index contributed by atoms with van der Waals surface area (Å²) in [7, 11) is 3.50. The zero-order valence-corrected chi connectivity index (χ0v) is 8.40. The first-order chi connectivity index (χ1) is 6.70. The molecule has 1 saturated heterocycles. The number of anilines is 1. The van der Waals surface area contributed by atoms with E-state index in [0.717, 1.165) is 18.8 Å². The number of aromatic nitrogens is 3. The third-order valence-electron chi connectivity index (χ3n) is 2.55. The molecule has 0 saturated carbocycles. The number of hydrogen-bond acceptors (Lipinski definition) is 5. The predicted molar refractivity (Wildman–Crippen MR) is 51.6 cm³/mol. The van der Waals surface area contributed by atoms with Gasteiger partial charge >= 0.3 is 0 Å². The molecule has 2 atom stereocenters. The quantitative estimate of drug-likeness (QED) is 0.665. The van der Waals surface area contributed by atoms with Crippen LogP contribution in [0.3, 0.4) is 0 Å². The molecule has 1 aliphatic rings. The predicted octanol–water partition coefficient (Wildman–Crippen LogP) is -0.553. The Morgan fingerprint density at radius 3 is 2.93 bits per heavy atom. The molecule has 3 N–H and O–H groups in total. The number of nitrogens with one attached hydrogen (secondary N) is 1. The molecule has 1 aliphatic heterocycles. The van der Waals surface area contributed by atoms with Gasteiger partial charge in [0.25, 0.3) is 0 Å². The normalized spacial score (nSPS) is 27.0. The van der Waals surface area contributed by atoms with Gasteiger partial charge in [-0.05, 0) is 6.42 Å². The number of rotatable bonds is 2. The molecular formula is C8H15N5O. The van der Waals surface area contributed by atoms with Gasteiger partial charge < -0.3 is 15.8 Å². The summed E-state index contributed by atoms with van der Waals surface area (Å²) in [4.78, 5) is 4.17. The van der Waals surface area contributed by atoms with Crippen molar-refractivity contribution in [3.05, 3.63) is 5.82 Å². The van der Waals surface area contributed by atoms with E-state index in [1.54, 1.807) is 18.8 Å². The van der Waals surface area contributed by atoms with Crippen molar-refractivity contribution in [2.75, 3.05) is 19.4 Å². The summed E-state index contributed by atoms with van der Waals surface area (Å²) in [6.45, 7) is 0.847. The minimum atomic E-state index is 0.170. The minimum Gasteiger partial charge on any atom is -0.380 e. The first-order valence-electron chi connectivity index (χ1n) is 4.63. The van der Waals surface area contributed by atoms with E-state index in [2.05, 4.69) is 15.4 Å². The summed E-state index contributed by atoms with van der Waals surface area (Å²) in [6.07, 6.45) is 1.16. The molecule has 1 aromatic heterocycles. The number of nitrogen functional groups attached to an aromatic ring is 1. The number of nitrogens with zero attached hydrogens (tertiary/aromatic N) is 3. The van der Waals surface area contributed by atoms with Crippen LogP contribution in [0.15, 0.2) is 0 Å². The standard InChI is InChI=1S/C8H15N5O/c1-13-8(9)11-7(12-13)6-3-5(14-2)4-10-6/h5-6,10H,3-4H2,1-2H3,(H2,9,11,12). The summed E-state index contributed by atoms with van der Waals surface area (Å²) >= 11 is 0. The fourth-order valence-electron chi connectivity index (χ4n) is 1.64. The number of methoxy groups -OCH3 is 1. The summed E-state index contributed by atoms with van der Waals surface area (Å²) in [5.74, 6) is 1.20. The fourth-order valence-corrected chi connectivity index (χ4v) is 1.64. The smallest absolute Gasteiger partial charge is 0.218 e. The molecule has 6 nitrogen and oxygen atoms in total. The van der Waals surface area contributed by atoms with E-state index < -0.39 is 0 Å². The van der Waals surface area contributed by atoms with E-state index in [4.69, 9.17) is 10.5 Å². The SMILES string of the molecule is COC1CNC(c2nc(N)n(C)n2)C1. The van der Waals surface area contributed by atoms with Gasteiger partial charge in [-0.15, -0.1) is 0 Å². The van der Waals surface area contributed by atoms with Crippen molar-refractivity contribution in [3.63, 3.8) is 0 Å². The maximum atomic E-state index is 5.61. The van der Waals surface area contributed by atoms with Crippen LogP contribution in [0.2, 0.25) is 0 Å². The lowest BCUT2D eigenvalue weighted by atomic mass is 10.2. The first kappa shape index (κ1) is 9.42. The molecule has 0 bridgehead atoms. The summed E-state index contributed by atoms with van der Waals surface area (Å²) in [5, 5.41) is 7.52. The van der Waals surface area contributed by atoms with Crippen molar-refractivity contribution in [1.82, 2.24) is 20.1 Å². The van der Waals surface area contributed by atoms with Crippen molar-refractivity contribution < 1.29 is 4.74 Å². The third-order valence-corrected chi connectivity index (χ3v) is 2.55. The topological polar surface area (TPSA) is 78.0 Å². The second-order valence-corrected chi connectivity index (χ2v) is 3.51. The van der Waals surface area contributed by atoms with E-state index in [0.29, 0.717) is 5.95 Å². The minimum absolute atomic E-state index is 0.170. The average Bonchev–Trinajstić information content (AvgIpc) is 2.74. The van der Waals surface area contributed by atoms with Gasteiger partial charge in [0.2, 0.25) is 5.95 Å². The van der Waals surface area contributed by atoms with Crippen molar-refractivity contribution in [1.29, 1.82) is 0 Å². The monoisotopic (exact) mass is 197 g/mol. The maximum Gasteiger partial charge on any atom is 0.218 e. The van der Waals surface area contributed by atoms with Gasteiger partial charge in [-0.1, -0.05) is 0 Å². The second kappa shape index (κ2) is 3.55. The Morgan fingerprint density at radius 1 is 1.64 bits per heavy atom. The van der Waals surface area contributed by atoms with Crippen LogP contribution in [0.4, 0.5) is 5.95 Å². The Morgan fingerprint density at radius 2 is 2.43 bits per heavy atom. The van der Waals surface area contributed by atoms with Gasteiger partial charge in [-0.3, -0.25) is 0 Å². The van der Waals surface area contributed by atoms with Crippen LogP contribution < -0.4 is 11.1 Å². The van der Waals surface area contributed by atoms with Crippen molar-refractivity contribution in [3.8, 4) is 0 Å². The molecule has 0 spiro atoms. The van der Waals surface area contributed by atoms with Crippen molar-refractivity contribution in [2.45, 2.75) is 18.6 Å². The Hall–Kier alpha value is -1.14. The van der Waals surface area contributed by atoms with E-state index in [-0.39, 0.29) is 12.1 Å². The Balaban J connectivity index is 2.09. The van der Waals surface area contributed by atoms with Crippen LogP contribution in [-0.2, 0) is 11.8 Å². The number of ether oxygens (including phenoxy) is 1. The van der Waals surface area contributed by atoms with Gasteiger partial charge in [-0.25, -0.2) is 4.68 Å². The molecule has 2 rings (SSSR count). The van der Waals surface area contributed by atoms with Crippen LogP contribution in [0.1, 0.15) is 18.3 Å². The highest BCUT2D eigenvalue weighted by Gasteiger charge is 2.28. The highest BCUT2D eigenvalue weighted by atomic mass is 16.5. The molecular weight excluding hydrogens is 182 g/mol. The molecule has 1 aromatic rings. The number of nitrogens with two attached hydrogens (primary N) is 1. The fraction of sp³-hybridized carbons (Fsp3) is 0.750. The second-order valence-electron chi connectivity index (χ2n) is 3.51. The van der Waals surface area contributed by atoms with Crippen LogP contribution >= 0.6 is 0 Å². The van der Waals surface area contributed by atoms with E-state index >= 15 is 0 Å². The molecule has 2 heterocycles. The molecule has 6 heteroatoms. The summed E-state index contributed by atoms with van der Waals surface area (Å²) < 4.78 is 6.82. The molecule has 0 aromatic carbocycles. The van der Waals surface area contributed by atoms with Crippen LogP contribution in [-0.4, -0.2) is 34.5 Å². The molecule has 0 radical (unpaired) electrons. The molecule has 1 fully saturated rings. The van der Waals surface area contributed by atoms with Crippen molar-refractivity contribution in [2.24, 2.45) is 7.05 Å². The first-order valence-corrected chi connectivity index (χ1v) is 4.63. The van der Waals surface area contributed by atoms with E-state index in [1.165, 1.54) is 0 Å². The lowest BCUT2D eigenvalue weighted by Crippen LogP contribution is -2.16. The van der Waals surface area contributed by atoms with Crippen LogP contribution in [0.5, 0.6) is 0 Å². The zero-order chi connectivity index (χ0) is 10.1. The van der Waals surface area contributed by atoms with Gasteiger partial charge in [0.15, 0.2) is 5.82 Å². The Labute approximate surface area is 82.4 Å². The Bertz CT molecular complexity index is 304. The zero-order valence-electron chi connectivity index (χ0n) is 8.40. The van der Waals surface area contributed by atoms with Crippen molar-refractivity contribution >= 4 is 5.95 Å². The largest absolute Gasteiger partial charge is 0.380 e. The lowest BCUT2D eigenvalue weighted by molar-refractivity contribution is 0.117. The maximum absolute atomic E-state index is 5.61. The molecule has 0 aliphatic carbocycles. The molecule has 2 unspecified atom stereocenters. The van der Waals surface area contributed by atoms with Gasteiger partial charge in [0, 0.05) is 20.7 Å². The lowest BCUT2D eigenvalue weighted by Gasteiger charge is -2.04. The van der Waals surface area contributed by atoms with Gasteiger partial charge in [0.1, 0.15) is 0 Å².